The minimum absolute atomic E-state index is 0. The van der Waals surface area contributed by atoms with Crippen molar-refractivity contribution in [3.05, 3.63) is 0 Å². The summed E-state index contributed by atoms with van der Waals surface area (Å²) in [5.41, 5.74) is 0. The molecule has 0 aliphatic carbocycles. The molecular formula is C9H26N2. The fourth-order valence-electron chi connectivity index (χ4n) is 0.692. The van der Waals surface area contributed by atoms with E-state index in [1.54, 1.807) is 0 Å². The molecule has 0 bridgehead atoms. The van der Waals surface area contributed by atoms with Gasteiger partial charge in [0.25, 0.3) is 0 Å². The lowest BCUT2D eigenvalue weighted by Gasteiger charge is -2.00. The van der Waals surface area contributed by atoms with Gasteiger partial charge in [0.05, 0.1) is 0 Å². The highest BCUT2D eigenvalue weighted by molar-refractivity contribution is 4.47. The Labute approximate surface area is 73.2 Å². The van der Waals surface area contributed by atoms with Crippen LogP contribution in [0.3, 0.4) is 0 Å². The van der Waals surface area contributed by atoms with Gasteiger partial charge in [-0.1, -0.05) is 27.7 Å². The van der Waals surface area contributed by atoms with Crippen molar-refractivity contribution < 1.29 is 1.43 Å². The fourth-order valence-corrected chi connectivity index (χ4v) is 0.692. The van der Waals surface area contributed by atoms with E-state index in [0.29, 0.717) is 0 Å². The van der Waals surface area contributed by atoms with Gasteiger partial charge in [-0.25, -0.2) is 0 Å². The molecule has 0 radical (unpaired) electrons. The van der Waals surface area contributed by atoms with Crippen molar-refractivity contribution in [3.63, 3.8) is 0 Å². The second kappa shape index (κ2) is 16.5. The minimum atomic E-state index is 0. The third-order valence-corrected chi connectivity index (χ3v) is 1.21. The van der Waals surface area contributed by atoms with Gasteiger partial charge in [-0.05, 0) is 32.6 Å². The molecular weight excluding hydrogens is 136 g/mol. The number of hydrogen-bond donors (Lipinski definition) is 2. The second-order valence-electron chi connectivity index (χ2n) is 2.06. The van der Waals surface area contributed by atoms with Gasteiger partial charge in [-0.2, -0.15) is 0 Å². The summed E-state index contributed by atoms with van der Waals surface area (Å²) in [5, 5.41) is 6.53. The van der Waals surface area contributed by atoms with Gasteiger partial charge in [0.1, 0.15) is 0 Å². The van der Waals surface area contributed by atoms with Crippen molar-refractivity contribution in [2.75, 3.05) is 26.2 Å². The normalized spacial score (nSPS) is 8.73. The lowest BCUT2D eigenvalue weighted by Crippen LogP contribution is -2.21. The van der Waals surface area contributed by atoms with E-state index in [9.17, 15) is 0 Å². The highest BCUT2D eigenvalue weighted by Gasteiger charge is 1.82. The first kappa shape index (κ1) is 13.5. The molecule has 2 nitrogen and oxygen atoms in total. The Bertz CT molecular complexity index is 45.8. The molecule has 2 N–H and O–H groups in total. The van der Waals surface area contributed by atoms with Gasteiger partial charge < -0.3 is 10.6 Å². The summed E-state index contributed by atoms with van der Waals surface area (Å²) in [6, 6.07) is 0. The first-order valence-corrected chi connectivity index (χ1v) is 4.83. The van der Waals surface area contributed by atoms with E-state index < -0.39 is 0 Å². The van der Waals surface area contributed by atoms with Crippen LogP contribution in [0.5, 0.6) is 0 Å². The Kier molecular flexibility index (Phi) is 20.2. The number of nitrogens with one attached hydrogen (secondary N) is 2. The van der Waals surface area contributed by atoms with Crippen LogP contribution in [0.4, 0.5) is 0 Å². The van der Waals surface area contributed by atoms with E-state index in [1.165, 1.54) is 6.42 Å². The predicted octanol–water partition coefficient (Wildman–Crippen LogP) is 1.87. The zero-order valence-corrected chi connectivity index (χ0v) is 8.54. The van der Waals surface area contributed by atoms with Crippen LogP contribution in [0.25, 0.3) is 0 Å². The zero-order chi connectivity index (χ0) is 8.95. The van der Waals surface area contributed by atoms with Crippen LogP contribution in [0.15, 0.2) is 0 Å². The van der Waals surface area contributed by atoms with Crippen molar-refractivity contribution in [2.45, 2.75) is 34.1 Å². The molecule has 0 aliphatic rings. The van der Waals surface area contributed by atoms with Crippen LogP contribution in [0.2, 0.25) is 0 Å². The maximum atomic E-state index is 3.27. The summed E-state index contributed by atoms with van der Waals surface area (Å²) in [5.74, 6) is 0. The predicted molar refractivity (Wildman–Crippen MR) is 55.2 cm³/mol. The molecule has 0 atom stereocenters. The Hall–Kier alpha value is -0.0800. The summed E-state index contributed by atoms with van der Waals surface area (Å²) in [6.07, 6.45) is 1.24. The first-order chi connectivity index (χ1) is 5.41. The molecule has 0 aliphatic heterocycles. The zero-order valence-electron chi connectivity index (χ0n) is 8.54. The van der Waals surface area contributed by atoms with E-state index in [2.05, 4.69) is 24.5 Å². The van der Waals surface area contributed by atoms with Crippen molar-refractivity contribution in [3.8, 4) is 0 Å². The molecule has 0 spiro atoms. The highest BCUT2D eigenvalue weighted by atomic mass is 14.9. The van der Waals surface area contributed by atoms with Crippen molar-refractivity contribution >= 4 is 0 Å². The number of rotatable bonds is 6. The smallest absolute Gasteiger partial charge is 0 e. The summed E-state index contributed by atoms with van der Waals surface area (Å²) in [6.45, 7) is 12.7. The maximum absolute atomic E-state index is 3.27. The SMILES string of the molecule is CC.CCNCCCNCC.[HH]. The Morgan fingerprint density at radius 1 is 0.909 bits per heavy atom. The average molecular weight is 162 g/mol. The van der Waals surface area contributed by atoms with Crippen LogP contribution >= 0.6 is 0 Å². The maximum Gasteiger partial charge on any atom is 0 e. The molecule has 0 heterocycles. The fraction of sp³-hybridized carbons (Fsp3) is 1.00. The average Bonchev–Trinajstić information content (AvgIpc) is 2.08. The van der Waals surface area contributed by atoms with Crippen LogP contribution in [-0.2, 0) is 0 Å². The third-order valence-electron chi connectivity index (χ3n) is 1.21. The van der Waals surface area contributed by atoms with Gasteiger partial charge in [0.2, 0.25) is 0 Å². The van der Waals surface area contributed by atoms with E-state index in [4.69, 9.17) is 0 Å². The van der Waals surface area contributed by atoms with E-state index >= 15 is 0 Å². The molecule has 0 aromatic rings. The van der Waals surface area contributed by atoms with Gasteiger partial charge in [0.15, 0.2) is 0 Å². The molecule has 0 saturated carbocycles. The highest BCUT2D eigenvalue weighted by Crippen LogP contribution is 1.70. The molecule has 2 heteroatoms. The van der Waals surface area contributed by atoms with E-state index in [0.717, 1.165) is 26.2 Å². The molecule has 0 amide bonds. The summed E-state index contributed by atoms with van der Waals surface area (Å²) in [7, 11) is 0. The minimum Gasteiger partial charge on any atom is -0.317 e. The Balaban J connectivity index is -0.000000249. The summed E-state index contributed by atoms with van der Waals surface area (Å²) < 4.78 is 0. The van der Waals surface area contributed by atoms with Crippen molar-refractivity contribution in [2.24, 2.45) is 0 Å². The quantitative estimate of drug-likeness (QED) is 0.583. The molecule has 0 aromatic heterocycles. The van der Waals surface area contributed by atoms with Gasteiger partial charge in [-0.15, -0.1) is 0 Å². The topological polar surface area (TPSA) is 24.1 Å². The molecule has 0 rings (SSSR count). The van der Waals surface area contributed by atoms with Crippen LogP contribution in [-0.4, -0.2) is 26.2 Å². The monoisotopic (exact) mass is 162 g/mol. The molecule has 0 fully saturated rings. The molecule has 0 aromatic carbocycles. The Morgan fingerprint density at radius 3 is 1.55 bits per heavy atom. The lowest BCUT2D eigenvalue weighted by atomic mass is 10.4. The van der Waals surface area contributed by atoms with Gasteiger partial charge in [-0.3, -0.25) is 0 Å². The van der Waals surface area contributed by atoms with Crippen molar-refractivity contribution in [1.82, 2.24) is 10.6 Å². The Morgan fingerprint density at radius 2 is 1.27 bits per heavy atom. The first-order valence-electron chi connectivity index (χ1n) is 4.83. The van der Waals surface area contributed by atoms with E-state index in [1.807, 2.05) is 13.8 Å². The number of hydrogen-bond acceptors (Lipinski definition) is 2. The van der Waals surface area contributed by atoms with E-state index in [-0.39, 0.29) is 1.43 Å². The second-order valence-corrected chi connectivity index (χ2v) is 2.06. The lowest BCUT2D eigenvalue weighted by molar-refractivity contribution is 0.619. The van der Waals surface area contributed by atoms with Gasteiger partial charge >= 0.3 is 0 Å². The van der Waals surface area contributed by atoms with Crippen LogP contribution in [0, 0.1) is 0 Å². The molecule has 11 heavy (non-hydrogen) atoms. The molecule has 72 valence electrons. The van der Waals surface area contributed by atoms with Gasteiger partial charge in [0, 0.05) is 1.43 Å². The van der Waals surface area contributed by atoms with Crippen LogP contribution < -0.4 is 10.6 Å². The summed E-state index contributed by atoms with van der Waals surface area (Å²) >= 11 is 0. The third kappa shape index (κ3) is 17.8. The largest absolute Gasteiger partial charge is 0.317 e. The van der Waals surface area contributed by atoms with Crippen molar-refractivity contribution in [1.29, 1.82) is 0 Å². The summed E-state index contributed by atoms with van der Waals surface area (Å²) in [4.78, 5) is 0. The standard InChI is InChI=1S/C7H18N2.C2H6.H2/c1-3-8-6-5-7-9-4-2;1-2;/h8-9H,3-7H2,1-2H3;1-2H3;1H. The van der Waals surface area contributed by atoms with Crippen LogP contribution in [0.1, 0.15) is 35.5 Å². The molecule has 0 saturated heterocycles. The molecule has 0 unspecified atom stereocenters.